The van der Waals surface area contributed by atoms with Gasteiger partial charge in [0, 0.05) is 36.6 Å². The van der Waals surface area contributed by atoms with E-state index in [4.69, 9.17) is 44.2 Å². The second-order valence-corrected chi connectivity index (χ2v) is 12.2. The quantitative estimate of drug-likeness (QED) is 0.0352. The fraction of sp³-hybridized carbons (Fsp3) is 0.333. The molecule has 4 amide bonds. The minimum absolute atomic E-state index is 0. The van der Waals surface area contributed by atoms with Gasteiger partial charge < -0.3 is 75.4 Å². The van der Waals surface area contributed by atoms with Crippen LogP contribution in [0.1, 0.15) is 22.5 Å². The van der Waals surface area contributed by atoms with E-state index < -0.39 is 60.1 Å². The van der Waals surface area contributed by atoms with Crippen LogP contribution in [-0.2, 0) is 109 Å². The molecule has 0 saturated heterocycles. The number of benzene rings is 2. The van der Waals surface area contributed by atoms with Crippen LogP contribution in [0.4, 0.5) is 9.59 Å². The Labute approximate surface area is 352 Å². The van der Waals surface area contributed by atoms with Crippen molar-refractivity contribution in [2.75, 3.05) is 25.7 Å². The molecule has 0 spiro atoms. The zero-order chi connectivity index (χ0) is 40.7. The summed E-state index contributed by atoms with van der Waals surface area (Å²) in [6.45, 7) is 0.117. The molecule has 4 rings (SSSR count). The molecule has 2 aromatic carbocycles. The molecule has 2 aromatic heterocycles. The first-order valence-electron chi connectivity index (χ1n) is 16.9. The van der Waals surface area contributed by atoms with Crippen LogP contribution in [0.2, 0.25) is 0 Å². The maximum absolute atomic E-state index is 12.5. The Hall–Kier alpha value is -5.40. The molecule has 57 heavy (non-hydrogen) atoms. The third-order valence-electron chi connectivity index (χ3n) is 7.54. The number of nitrogens with zero attached hydrogens (tertiary/aromatic N) is 2. The number of alkyl carbamates (subject to hydrolysis) is 2. The molecule has 2 heterocycles. The van der Waals surface area contributed by atoms with Crippen LogP contribution in [0.25, 0.3) is 0 Å². The third kappa shape index (κ3) is 17.5. The Morgan fingerprint density at radius 2 is 0.965 bits per heavy atom. The van der Waals surface area contributed by atoms with Gasteiger partial charge in [0.05, 0.1) is 39.0 Å². The Kier molecular flexibility index (Phi) is 22.2. The molecule has 6 N–H and O–H groups in total. The SMILES string of the molecule is COC(=O)[C@H](Cc1cnc[nH]1)NC(=O)[C@@H](C[S-])NC(=O)OCc1ccccc1.COC(=O)[C@H](Cc1cnc[nH]1)NC(=O)[C@@H](C[S-])NC(=O)OCc1ccccc1.[Zn+2]. The maximum Gasteiger partial charge on any atom is 2.00 e. The summed E-state index contributed by atoms with van der Waals surface area (Å²) >= 11 is 9.89. The number of carbonyl (C=O) groups excluding carboxylic acids is 6. The smallest absolute Gasteiger partial charge is 0.790 e. The third-order valence-corrected chi connectivity index (χ3v) is 8.20. The summed E-state index contributed by atoms with van der Waals surface area (Å²) < 4.78 is 19.6. The molecule has 0 aliphatic rings. The Morgan fingerprint density at radius 3 is 1.26 bits per heavy atom. The van der Waals surface area contributed by atoms with Gasteiger partial charge in [-0.25, -0.2) is 29.1 Å². The van der Waals surface area contributed by atoms with E-state index >= 15 is 0 Å². The minimum Gasteiger partial charge on any atom is -0.790 e. The molecule has 0 aliphatic carbocycles. The first-order valence-corrected chi connectivity index (χ1v) is 18.0. The van der Waals surface area contributed by atoms with Gasteiger partial charge in [0.25, 0.3) is 0 Å². The summed E-state index contributed by atoms with van der Waals surface area (Å²) in [7, 11) is 2.44. The largest absolute Gasteiger partial charge is 2.00 e. The Bertz CT molecular complexity index is 1680. The summed E-state index contributed by atoms with van der Waals surface area (Å²) in [5.74, 6) is -2.66. The molecule has 0 fully saturated rings. The van der Waals surface area contributed by atoms with Gasteiger partial charge in [0.15, 0.2) is 0 Å². The first kappa shape index (κ1) is 47.8. The Balaban J connectivity index is 0.000000387. The molecule has 4 atom stereocenters. The normalized spacial score (nSPS) is 12.3. The number of ether oxygens (including phenoxy) is 4. The fourth-order valence-corrected chi connectivity index (χ4v) is 5.10. The van der Waals surface area contributed by atoms with Crippen LogP contribution >= 0.6 is 0 Å². The van der Waals surface area contributed by atoms with E-state index in [0.29, 0.717) is 11.4 Å². The number of rotatable bonds is 18. The molecule has 0 saturated carbocycles. The number of methoxy groups -OCH3 is 2. The molecule has 18 nitrogen and oxygen atoms in total. The molecular weight excluding hydrogens is 834 g/mol. The van der Waals surface area contributed by atoms with Gasteiger partial charge in [-0.3, -0.25) is 9.59 Å². The van der Waals surface area contributed by atoms with Gasteiger partial charge in [-0.15, -0.1) is 11.5 Å². The number of hydrogen-bond donors (Lipinski definition) is 6. The van der Waals surface area contributed by atoms with E-state index in [1.165, 1.54) is 39.3 Å². The molecule has 0 unspecified atom stereocenters. The number of amides is 4. The van der Waals surface area contributed by atoms with Gasteiger partial charge in [0.2, 0.25) is 11.8 Å². The summed E-state index contributed by atoms with van der Waals surface area (Å²) in [6, 6.07) is 14.2. The number of hydrogen-bond acceptors (Lipinski definition) is 14. The second-order valence-electron chi connectivity index (χ2n) is 11.6. The van der Waals surface area contributed by atoms with Crippen LogP contribution < -0.4 is 21.3 Å². The van der Waals surface area contributed by atoms with Crippen molar-refractivity contribution in [3.8, 4) is 0 Å². The molecule has 21 heteroatoms. The zero-order valence-corrected chi connectivity index (χ0v) is 35.7. The first-order chi connectivity index (χ1) is 27.1. The van der Waals surface area contributed by atoms with Crippen molar-refractivity contribution >= 4 is 61.2 Å². The number of imidazole rings is 2. The van der Waals surface area contributed by atoms with Crippen molar-refractivity contribution in [3.05, 3.63) is 108 Å². The van der Waals surface area contributed by atoms with E-state index in [1.54, 1.807) is 24.3 Å². The van der Waals surface area contributed by atoms with Crippen LogP contribution in [0, 0.1) is 0 Å². The number of carbonyl (C=O) groups is 6. The number of aromatic nitrogens is 4. The van der Waals surface area contributed by atoms with Gasteiger partial charge in [-0.2, -0.15) is 0 Å². The van der Waals surface area contributed by atoms with Crippen molar-refractivity contribution < 1.29 is 67.2 Å². The molecule has 0 bridgehead atoms. The topological polar surface area (TPSA) is 245 Å². The van der Waals surface area contributed by atoms with E-state index in [1.807, 2.05) is 36.4 Å². The van der Waals surface area contributed by atoms with Crippen molar-refractivity contribution in [2.24, 2.45) is 0 Å². The number of H-pyrrole nitrogens is 2. The van der Waals surface area contributed by atoms with Crippen LogP contribution in [0.5, 0.6) is 0 Å². The van der Waals surface area contributed by atoms with Crippen molar-refractivity contribution in [1.82, 2.24) is 41.2 Å². The summed E-state index contributed by atoms with van der Waals surface area (Å²) in [5.41, 5.74) is 2.89. The van der Waals surface area contributed by atoms with Gasteiger partial charge >= 0.3 is 43.6 Å². The Morgan fingerprint density at radius 1 is 0.596 bits per heavy atom. The predicted octanol–water partition coefficient (Wildman–Crippen LogP) is 0.901. The average molecular weight is 876 g/mol. The van der Waals surface area contributed by atoms with Crippen LogP contribution in [0.3, 0.4) is 0 Å². The van der Waals surface area contributed by atoms with E-state index in [9.17, 15) is 28.8 Å². The predicted molar refractivity (Wildman–Crippen MR) is 204 cm³/mol. The number of aromatic amines is 2. The van der Waals surface area contributed by atoms with Gasteiger partial charge in [0.1, 0.15) is 25.3 Å². The number of esters is 2. The summed E-state index contributed by atoms with van der Waals surface area (Å²) in [6.07, 6.45) is 4.73. The summed E-state index contributed by atoms with van der Waals surface area (Å²) in [5, 5.41) is 9.89. The van der Waals surface area contributed by atoms with Crippen molar-refractivity contribution in [1.29, 1.82) is 0 Å². The molecule has 0 radical (unpaired) electrons. The molecule has 4 aromatic rings. The van der Waals surface area contributed by atoms with Gasteiger partial charge in [-0.05, 0) is 11.1 Å². The fourth-order valence-electron chi connectivity index (χ4n) is 4.63. The van der Waals surface area contributed by atoms with Crippen LogP contribution in [0.15, 0.2) is 85.7 Å². The standard InChI is InChI=1S/2C18H22N4O5S.Zn/c2*1-26-17(24)14(7-13-8-19-11-20-13)21-16(23)15(10-28)22-18(25)27-9-12-5-3-2-4-6-12;/h2*2-6,8,11,14-15,28H,7,9-10H2,1H3,(H,19,20)(H,21,23)(H,22,25);/q;;+2/p-2/t2*14-,15+;/m00./s1. The monoisotopic (exact) mass is 874 g/mol. The average Bonchev–Trinajstić information content (AvgIpc) is 3.95. The minimum atomic E-state index is -1.04. The summed E-state index contributed by atoms with van der Waals surface area (Å²) in [4.78, 5) is 86.2. The van der Waals surface area contributed by atoms with Gasteiger partial charge in [-0.1, -0.05) is 60.7 Å². The number of nitrogens with one attached hydrogen (secondary N) is 6. The second kappa shape index (κ2) is 26.5. The van der Waals surface area contributed by atoms with Crippen LogP contribution in [-0.4, -0.2) is 106 Å². The van der Waals surface area contributed by atoms with E-state index in [-0.39, 0.29) is 57.0 Å². The molecule has 0 aliphatic heterocycles. The van der Waals surface area contributed by atoms with Crippen molar-refractivity contribution in [3.63, 3.8) is 0 Å². The molecular formula is C36H42N8O10S2Zn. The molecule has 300 valence electrons. The van der Waals surface area contributed by atoms with Crippen molar-refractivity contribution in [2.45, 2.75) is 50.2 Å². The van der Waals surface area contributed by atoms with E-state index in [2.05, 4.69) is 41.2 Å². The maximum atomic E-state index is 12.5. The van der Waals surface area contributed by atoms with E-state index in [0.717, 1.165) is 11.1 Å². The zero-order valence-electron chi connectivity index (χ0n) is 31.1.